The van der Waals surface area contributed by atoms with Crippen LogP contribution in [0.3, 0.4) is 0 Å². The van der Waals surface area contributed by atoms with E-state index in [0.717, 1.165) is 7.11 Å². The molecule has 6 heteroatoms. The number of ether oxygens (including phenoxy) is 1. The van der Waals surface area contributed by atoms with Crippen molar-refractivity contribution in [1.29, 1.82) is 0 Å². The first-order valence-electron chi connectivity index (χ1n) is 4.21. The quantitative estimate of drug-likeness (QED) is 0.568. The van der Waals surface area contributed by atoms with Gasteiger partial charge in [0.15, 0.2) is 6.10 Å². The standard InChI is InChI=1S/C9H12N2O4/c1-15-9(14)8(13)7(12)5-4-11-3-2-6(5)10/h2-4,7-8,12-13H,1H3,(H2,10,11). The lowest BCUT2D eigenvalue weighted by atomic mass is 10.1. The number of pyridine rings is 1. The average Bonchev–Trinajstić information content (AvgIpc) is 2.26. The van der Waals surface area contributed by atoms with Crippen LogP contribution in [0.25, 0.3) is 0 Å². The van der Waals surface area contributed by atoms with Crippen LogP contribution in [0, 0.1) is 0 Å². The second-order valence-electron chi connectivity index (χ2n) is 2.92. The maximum Gasteiger partial charge on any atom is 0.337 e. The molecule has 2 unspecified atom stereocenters. The number of aliphatic hydroxyl groups is 2. The summed E-state index contributed by atoms with van der Waals surface area (Å²) in [6.45, 7) is 0. The molecule has 0 radical (unpaired) electrons. The van der Waals surface area contributed by atoms with E-state index in [1.165, 1.54) is 18.5 Å². The number of nitrogens with zero attached hydrogens (tertiary/aromatic N) is 1. The summed E-state index contributed by atoms with van der Waals surface area (Å²) in [4.78, 5) is 14.7. The predicted octanol–water partition coefficient (Wildman–Crippen LogP) is -0.769. The molecule has 0 bridgehead atoms. The van der Waals surface area contributed by atoms with E-state index in [2.05, 4.69) is 9.72 Å². The molecule has 6 nitrogen and oxygen atoms in total. The molecule has 0 fully saturated rings. The fourth-order valence-electron chi connectivity index (χ4n) is 1.08. The van der Waals surface area contributed by atoms with Crippen molar-refractivity contribution in [3.63, 3.8) is 0 Å². The predicted molar refractivity (Wildman–Crippen MR) is 51.6 cm³/mol. The Morgan fingerprint density at radius 1 is 1.60 bits per heavy atom. The summed E-state index contributed by atoms with van der Waals surface area (Å²) in [5.41, 5.74) is 5.98. The van der Waals surface area contributed by atoms with Crippen LogP contribution in [0.5, 0.6) is 0 Å². The van der Waals surface area contributed by atoms with Crippen LogP contribution >= 0.6 is 0 Å². The number of esters is 1. The lowest BCUT2D eigenvalue weighted by molar-refractivity contribution is -0.156. The van der Waals surface area contributed by atoms with E-state index in [-0.39, 0.29) is 11.3 Å². The Kier molecular flexibility index (Phi) is 3.59. The maximum absolute atomic E-state index is 10.9. The van der Waals surface area contributed by atoms with Gasteiger partial charge in [0.05, 0.1) is 7.11 Å². The Labute approximate surface area is 86.3 Å². The van der Waals surface area contributed by atoms with Crippen LogP contribution in [0.4, 0.5) is 5.69 Å². The summed E-state index contributed by atoms with van der Waals surface area (Å²) in [6, 6.07) is 1.46. The molecule has 1 aromatic rings. The topological polar surface area (TPSA) is 106 Å². The van der Waals surface area contributed by atoms with Gasteiger partial charge in [-0.3, -0.25) is 4.98 Å². The van der Waals surface area contributed by atoms with E-state index in [4.69, 9.17) is 5.73 Å². The number of rotatable bonds is 3. The minimum Gasteiger partial charge on any atom is -0.467 e. The van der Waals surface area contributed by atoms with Crippen LogP contribution in [0.15, 0.2) is 18.5 Å². The molecular formula is C9H12N2O4. The van der Waals surface area contributed by atoms with Gasteiger partial charge in [-0.15, -0.1) is 0 Å². The normalized spacial score (nSPS) is 14.3. The molecule has 4 N–H and O–H groups in total. The highest BCUT2D eigenvalue weighted by atomic mass is 16.5. The van der Waals surface area contributed by atoms with Crippen LogP contribution in [0.1, 0.15) is 11.7 Å². The van der Waals surface area contributed by atoms with Gasteiger partial charge >= 0.3 is 5.97 Å². The Morgan fingerprint density at radius 2 is 2.27 bits per heavy atom. The van der Waals surface area contributed by atoms with Gasteiger partial charge in [-0.05, 0) is 6.07 Å². The highest BCUT2D eigenvalue weighted by Gasteiger charge is 2.27. The van der Waals surface area contributed by atoms with Gasteiger partial charge in [-0.2, -0.15) is 0 Å². The van der Waals surface area contributed by atoms with Gasteiger partial charge in [0.25, 0.3) is 0 Å². The molecule has 2 atom stereocenters. The lowest BCUT2D eigenvalue weighted by Gasteiger charge is -2.16. The number of carbonyl (C=O) groups excluding carboxylic acids is 1. The van der Waals surface area contributed by atoms with E-state index in [1.807, 2.05) is 0 Å². The van der Waals surface area contributed by atoms with Gasteiger partial charge in [0.1, 0.15) is 6.10 Å². The number of anilines is 1. The number of aromatic nitrogens is 1. The molecule has 0 amide bonds. The van der Waals surface area contributed by atoms with Crippen LogP contribution in [0.2, 0.25) is 0 Å². The molecule has 0 saturated carbocycles. The van der Waals surface area contributed by atoms with Crippen LogP contribution in [-0.2, 0) is 9.53 Å². The SMILES string of the molecule is COC(=O)C(O)C(O)c1cnccc1N. The summed E-state index contributed by atoms with van der Waals surface area (Å²) in [6.07, 6.45) is -0.380. The highest BCUT2D eigenvalue weighted by molar-refractivity contribution is 5.75. The largest absolute Gasteiger partial charge is 0.467 e. The minimum absolute atomic E-state index is 0.190. The van der Waals surface area contributed by atoms with E-state index in [0.29, 0.717) is 0 Å². The molecular weight excluding hydrogens is 200 g/mol. The van der Waals surface area contributed by atoms with Crippen molar-refractivity contribution in [1.82, 2.24) is 4.98 Å². The van der Waals surface area contributed by atoms with Gasteiger partial charge in [-0.25, -0.2) is 4.79 Å². The summed E-state index contributed by atoms with van der Waals surface area (Å²) in [5, 5.41) is 19.0. The van der Waals surface area contributed by atoms with Crippen LogP contribution < -0.4 is 5.73 Å². The van der Waals surface area contributed by atoms with E-state index in [1.54, 1.807) is 0 Å². The molecule has 0 aliphatic carbocycles. The molecule has 15 heavy (non-hydrogen) atoms. The first kappa shape index (κ1) is 11.4. The first-order chi connectivity index (χ1) is 7.07. The van der Waals surface area contributed by atoms with Crippen LogP contribution in [-0.4, -0.2) is 34.4 Å². The van der Waals surface area contributed by atoms with Crippen molar-refractivity contribution in [2.24, 2.45) is 0 Å². The monoisotopic (exact) mass is 212 g/mol. The number of carbonyl (C=O) groups is 1. The number of methoxy groups -OCH3 is 1. The minimum atomic E-state index is -1.67. The van der Waals surface area contributed by atoms with E-state index >= 15 is 0 Å². The summed E-state index contributed by atoms with van der Waals surface area (Å²) < 4.78 is 4.28. The highest BCUT2D eigenvalue weighted by Crippen LogP contribution is 2.22. The van der Waals surface area contributed by atoms with E-state index < -0.39 is 18.2 Å². The molecule has 1 aromatic heterocycles. The smallest absolute Gasteiger partial charge is 0.337 e. The molecule has 0 aliphatic heterocycles. The van der Waals surface area contributed by atoms with Gasteiger partial charge in [-0.1, -0.05) is 0 Å². The third-order valence-corrected chi connectivity index (χ3v) is 1.95. The molecule has 0 aliphatic rings. The molecule has 82 valence electrons. The van der Waals surface area contributed by atoms with Crippen molar-refractivity contribution in [2.75, 3.05) is 12.8 Å². The average molecular weight is 212 g/mol. The first-order valence-corrected chi connectivity index (χ1v) is 4.21. The summed E-state index contributed by atoms with van der Waals surface area (Å²) in [5.74, 6) is -0.925. The summed E-state index contributed by atoms with van der Waals surface area (Å²) >= 11 is 0. The number of nitrogens with two attached hydrogens (primary N) is 1. The van der Waals surface area contributed by atoms with Gasteiger partial charge < -0.3 is 20.7 Å². The Morgan fingerprint density at radius 3 is 2.80 bits per heavy atom. The second-order valence-corrected chi connectivity index (χ2v) is 2.92. The number of nitrogen functional groups attached to an aromatic ring is 1. The molecule has 1 rings (SSSR count). The van der Waals surface area contributed by atoms with Crippen molar-refractivity contribution in [3.8, 4) is 0 Å². The third kappa shape index (κ3) is 2.42. The van der Waals surface area contributed by atoms with Crippen molar-refractivity contribution in [3.05, 3.63) is 24.0 Å². The van der Waals surface area contributed by atoms with Gasteiger partial charge in [0, 0.05) is 23.6 Å². The molecule has 1 heterocycles. The Bertz CT molecular complexity index is 356. The fourth-order valence-corrected chi connectivity index (χ4v) is 1.08. The van der Waals surface area contributed by atoms with Gasteiger partial charge in [0.2, 0.25) is 0 Å². The molecule has 0 saturated heterocycles. The summed E-state index contributed by atoms with van der Waals surface area (Å²) in [7, 11) is 1.12. The van der Waals surface area contributed by atoms with Crippen molar-refractivity contribution >= 4 is 11.7 Å². The van der Waals surface area contributed by atoms with E-state index in [9.17, 15) is 15.0 Å². The van der Waals surface area contributed by atoms with Crippen molar-refractivity contribution < 1.29 is 19.7 Å². The molecule has 0 aromatic carbocycles. The lowest BCUT2D eigenvalue weighted by Crippen LogP contribution is -2.29. The zero-order valence-electron chi connectivity index (χ0n) is 8.12. The third-order valence-electron chi connectivity index (χ3n) is 1.95. The fraction of sp³-hybridized carbons (Fsp3) is 0.333. The maximum atomic E-state index is 10.9. The number of hydrogen-bond donors (Lipinski definition) is 3. The number of hydrogen-bond acceptors (Lipinski definition) is 6. The number of aliphatic hydroxyl groups excluding tert-OH is 2. The second kappa shape index (κ2) is 4.72. The van der Waals surface area contributed by atoms with Crippen molar-refractivity contribution in [2.45, 2.75) is 12.2 Å². The zero-order chi connectivity index (χ0) is 11.4. The zero-order valence-corrected chi connectivity index (χ0v) is 8.12. The Hall–Kier alpha value is -1.66. The Balaban J connectivity index is 2.89. The molecule has 0 spiro atoms.